The summed E-state index contributed by atoms with van der Waals surface area (Å²) >= 11 is 0. The predicted molar refractivity (Wildman–Crippen MR) is 113 cm³/mol. The first kappa shape index (κ1) is 19.9. The fourth-order valence-corrected chi connectivity index (χ4v) is 2.45. The lowest BCUT2D eigenvalue weighted by atomic mass is 10.1. The Kier molecular flexibility index (Phi) is 7.28. The lowest BCUT2D eigenvalue weighted by molar-refractivity contribution is -0.385. The van der Waals surface area contributed by atoms with Crippen molar-refractivity contribution in [1.82, 2.24) is 0 Å². The Morgan fingerprint density at radius 3 is 2.15 bits per heavy atom. The monoisotopic (exact) mass is 379 g/mol. The highest BCUT2D eigenvalue weighted by Gasteiger charge is 2.16. The van der Waals surface area contributed by atoms with E-state index in [-0.39, 0.29) is 23.0 Å². The van der Waals surface area contributed by atoms with Gasteiger partial charge in [0.1, 0.15) is 0 Å². The van der Waals surface area contributed by atoms with Gasteiger partial charge in [-0.2, -0.15) is 0 Å². The number of hydrogen-bond donors (Lipinski definition) is 1. The lowest BCUT2D eigenvalue weighted by Crippen LogP contribution is -2.03. The number of aliphatic imine (C=N–C) groups is 1. The van der Waals surface area contributed by atoms with Gasteiger partial charge in [0.15, 0.2) is 0 Å². The number of rotatable bonds is 6. The van der Waals surface area contributed by atoms with E-state index in [9.17, 15) is 10.1 Å². The molecular weight excluding hydrogens is 362 g/mol. The Morgan fingerprint density at radius 1 is 0.889 bits per heavy atom. The number of anilines is 1. The van der Waals surface area contributed by atoms with Gasteiger partial charge in [-0.05, 0) is 36.4 Å². The van der Waals surface area contributed by atoms with Gasteiger partial charge in [-0.1, -0.05) is 48.5 Å². The van der Waals surface area contributed by atoms with E-state index in [2.05, 4.69) is 10.3 Å². The van der Waals surface area contributed by atoms with Gasteiger partial charge in [-0.3, -0.25) is 15.1 Å². The number of benzene rings is 3. The standard InChI is InChI=1S/C21H17N3O2.ClH/c25-24(26)21-14-8-7-13-19(21)20(23-18-11-5-2-6-12-18)15-16-22-17-9-3-1-4-10-17;/h1-16,23H;1H/b20-15-,22-16?;. The summed E-state index contributed by atoms with van der Waals surface area (Å²) in [5, 5.41) is 14.6. The number of nitro groups is 1. The highest BCUT2D eigenvalue weighted by Crippen LogP contribution is 2.26. The Hall–Kier alpha value is -3.44. The van der Waals surface area contributed by atoms with Crippen LogP contribution in [0.3, 0.4) is 0 Å². The van der Waals surface area contributed by atoms with Gasteiger partial charge >= 0.3 is 0 Å². The molecule has 0 atom stereocenters. The first-order chi connectivity index (χ1) is 12.7. The maximum atomic E-state index is 11.4. The molecule has 0 saturated carbocycles. The number of allylic oxidation sites excluding steroid dienone is 1. The van der Waals surface area contributed by atoms with Crippen LogP contribution in [0.15, 0.2) is 96.0 Å². The van der Waals surface area contributed by atoms with Gasteiger partial charge in [0, 0.05) is 18.0 Å². The van der Waals surface area contributed by atoms with Gasteiger partial charge in [0.05, 0.1) is 21.9 Å². The van der Waals surface area contributed by atoms with Crippen LogP contribution >= 0.6 is 12.4 Å². The summed E-state index contributed by atoms with van der Waals surface area (Å²) in [7, 11) is 0. The zero-order valence-electron chi connectivity index (χ0n) is 14.4. The molecule has 0 aliphatic rings. The summed E-state index contributed by atoms with van der Waals surface area (Å²) in [6.07, 6.45) is 3.37. The Bertz CT molecular complexity index is 942. The van der Waals surface area contributed by atoms with E-state index in [1.165, 1.54) is 6.07 Å². The molecule has 0 heterocycles. The van der Waals surface area contributed by atoms with Crippen LogP contribution in [0.1, 0.15) is 5.56 Å². The third-order valence-corrected chi connectivity index (χ3v) is 3.66. The molecule has 0 aromatic heterocycles. The Labute approximate surface area is 163 Å². The summed E-state index contributed by atoms with van der Waals surface area (Å²) in [5.74, 6) is 0. The van der Waals surface area contributed by atoms with Crippen LogP contribution in [-0.4, -0.2) is 11.1 Å². The summed E-state index contributed by atoms with van der Waals surface area (Å²) in [5.41, 5.74) is 2.79. The molecule has 0 spiro atoms. The summed E-state index contributed by atoms with van der Waals surface area (Å²) in [6, 6.07) is 25.7. The summed E-state index contributed by atoms with van der Waals surface area (Å²) in [4.78, 5) is 15.4. The normalized spacial score (nSPS) is 11.0. The average molecular weight is 380 g/mol. The molecule has 0 bridgehead atoms. The van der Waals surface area contributed by atoms with Crippen molar-refractivity contribution in [2.45, 2.75) is 0 Å². The highest BCUT2D eigenvalue weighted by molar-refractivity contribution is 5.92. The van der Waals surface area contributed by atoms with E-state index in [0.717, 1.165) is 11.4 Å². The molecule has 3 rings (SSSR count). The fourth-order valence-electron chi connectivity index (χ4n) is 2.45. The van der Waals surface area contributed by atoms with Gasteiger partial charge < -0.3 is 5.32 Å². The van der Waals surface area contributed by atoms with Crippen LogP contribution in [0, 0.1) is 10.1 Å². The van der Waals surface area contributed by atoms with Crippen molar-refractivity contribution in [3.8, 4) is 0 Å². The largest absolute Gasteiger partial charge is 0.355 e. The molecule has 3 aromatic carbocycles. The Morgan fingerprint density at radius 2 is 1.48 bits per heavy atom. The van der Waals surface area contributed by atoms with Crippen molar-refractivity contribution in [2.24, 2.45) is 4.99 Å². The Balaban J connectivity index is 0.00000261. The fraction of sp³-hybridized carbons (Fsp3) is 0. The number of nitrogens with one attached hydrogen (secondary N) is 1. The minimum Gasteiger partial charge on any atom is -0.355 e. The second kappa shape index (κ2) is 9.89. The van der Waals surface area contributed by atoms with E-state index in [1.807, 2.05) is 60.7 Å². The lowest BCUT2D eigenvalue weighted by Gasteiger charge is -2.11. The van der Waals surface area contributed by atoms with E-state index in [4.69, 9.17) is 0 Å². The van der Waals surface area contributed by atoms with Crippen molar-refractivity contribution in [2.75, 3.05) is 5.32 Å². The minimum absolute atomic E-state index is 0. The quantitative estimate of drug-likeness (QED) is 0.330. The summed E-state index contributed by atoms with van der Waals surface area (Å²) < 4.78 is 0. The van der Waals surface area contributed by atoms with Gasteiger partial charge in [0.25, 0.3) is 5.69 Å². The second-order valence-electron chi connectivity index (χ2n) is 5.46. The third-order valence-electron chi connectivity index (χ3n) is 3.66. The van der Waals surface area contributed by atoms with E-state index in [1.54, 1.807) is 30.5 Å². The molecule has 0 aliphatic carbocycles. The number of nitrogens with zero attached hydrogens (tertiary/aromatic N) is 2. The van der Waals surface area contributed by atoms with Crippen LogP contribution in [0.25, 0.3) is 5.70 Å². The van der Waals surface area contributed by atoms with Crippen molar-refractivity contribution in [3.63, 3.8) is 0 Å². The number of hydrogen-bond acceptors (Lipinski definition) is 4. The van der Waals surface area contributed by atoms with Crippen molar-refractivity contribution in [3.05, 3.63) is 107 Å². The molecule has 0 saturated heterocycles. The van der Waals surface area contributed by atoms with E-state index < -0.39 is 0 Å². The van der Waals surface area contributed by atoms with Crippen molar-refractivity contribution >= 4 is 41.4 Å². The van der Waals surface area contributed by atoms with E-state index >= 15 is 0 Å². The minimum atomic E-state index is -0.385. The first-order valence-corrected chi connectivity index (χ1v) is 8.09. The third kappa shape index (κ3) is 5.52. The molecular formula is C21H18ClN3O2. The molecule has 6 heteroatoms. The predicted octanol–water partition coefficient (Wildman–Crippen LogP) is 5.87. The topological polar surface area (TPSA) is 67.5 Å². The van der Waals surface area contributed by atoms with E-state index in [0.29, 0.717) is 11.3 Å². The molecule has 5 nitrogen and oxygen atoms in total. The smallest absolute Gasteiger partial charge is 0.278 e. The molecule has 0 unspecified atom stereocenters. The number of nitro benzene ring substituents is 1. The van der Waals surface area contributed by atoms with Crippen LogP contribution in [-0.2, 0) is 0 Å². The molecule has 0 amide bonds. The van der Waals surface area contributed by atoms with Gasteiger partial charge in [0.2, 0.25) is 0 Å². The molecule has 1 N–H and O–H groups in total. The van der Waals surface area contributed by atoms with Gasteiger partial charge in [-0.15, -0.1) is 12.4 Å². The molecule has 0 fully saturated rings. The average Bonchev–Trinajstić information content (AvgIpc) is 2.69. The van der Waals surface area contributed by atoms with Crippen molar-refractivity contribution < 1.29 is 4.92 Å². The molecule has 3 aromatic rings. The first-order valence-electron chi connectivity index (χ1n) is 8.09. The maximum Gasteiger partial charge on any atom is 0.278 e. The zero-order chi connectivity index (χ0) is 18.2. The summed E-state index contributed by atoms with van der Waals surface area (Å²) in [6.45, 7) is 0. The zero-order valence-corrected chi connectivity index (χ0v) is 15.2. The molecule has 0 aliphatic heterocycles. The molecule has 136 valence electrons. The van der Waals surface area contributed by atoms with Crippen LogP contribution in [0.4, 0.5) is 17.1 Å². The number of para-hydroxylation sites is 3. The second-order valence-corrected chi connectivity index (χ2v) is 5.46. The van der Waals surface area contributed by atoms with Crippen LogP contribution in [0.2, 0.25) is 0 Å². The highest BCUT2D eigenvalue weighted by atomic mass is 35.5. The van der Waals surface area contributed by atoms with Crippen LogP contribution in [0.5, 0.6) is 0 Å². The SMILES string of the molecule is Cl.O=[N+]([O-])c1ccccc1/C(=C/C=Nc1ccccc1)Nc1ccccc1. The molecule has 0 radical (unpaired) electrons. The molecule has 27 heavy (non-hydrogen) atoms. The van der Waals surface area contributed by atoms with Crippen molar-refractivity contribution in [1.29, 1.82) is 0 Å². The van der Waals surface area contributed by atoms with Gasteiger partial charge in [-0.25, -0.2) is 0 Å². The maximum absolute atomic E-state index is 11.4. The number of halogens is 1. The van der Waals surface area contributed by atoms with Crippen LogP contribution < -0.4 is 5.32 Å².